The molecule has 62 valence electrons. The molecule has 0 N–H and O–H groups in total. The minimum Gasteiger partial charge on any atom is -0.120 e. The molecule has 1 rings (SSSR count). The van der Waals surface area contributed by atoms with Crippen molar-refractivity contribution in [3.05, 3.63) is 12.2 Å². The first kappa shape index (κ1) is 10.3. The molecule has 0 spiro atoms. The van der Waals surface area contributed by atoms with Crippen LogP contribution < -0.4 is 0 Å². The van der Waals surface area contributed by atoms with Crippen LogP contribution in [0, 0.1) is 12.3 Å². The Labute approximate surface area is 70.7 Å². The fourth-order valence-corrected chi connectivity index (χ4v) is 1.11. The van der Waals surface area contributed by atoms with E-state index in [9.17, 15) is 0 Å². The number of hydrogen-bond donors (Lipinski definition) is 0. The van der Waals surface area contributed by atoms with Crippen molar-refractivity contribution in [1.82, 2.24) is 0 Å². The molecule has 0 radical (unpaired) electrons. The molecule has 0 aromatic rings. The molecule has 0 aromatic carbocycles. The molecular weight excluding hydrogens is 132 g/mol. The lowest BCUT2D eigenvalue weighted by atomic mass is 10.1. The van der Waals surface area contributed by atoms with Gasteiger partial charge in [-0.1, -0.05) is 25.0 Å². The first-order chi connectivity index (χ1) is 5.41. The molecule has 0 bridgehead atoms. The van der Waals surface area contributed by atoms with Crippen molar-refractivity contribution in [2.75, 3.05) is 0 Å². The van der Waals surface area contributed by atoms with Gasteiger partial charge in [-0.2, -0.15) is 0 Å². The van der Waals surface area contributed by atoms with E-state index in [1.54, 1.807) is 6.92 Å². The molecule has 0 heteroatoms. The molecule has 0 heterocycles. The van der Waals surface area contributed by atoms with Gasteiger partial charge in [-0.3, -0.25) is 0 Å². The molecule has 1 aliphatic rings. The second-order valence-electron chi connectivity index (χ2n) is 2.75. The van der Waals surface area contributed by atoms with Crippen molar-refractivity contribution in [3.63, 3.8) is 0 Å². The number of terminal acetylenes is 1. The van der Waals surface area contributed by atoms with Crippen molar-refractivity contribution < 1.29 is 0 Å². The number of allylic oxidation sites excluding steroid dienone is 2. The van der Waals surface area contributed by atoms with Crippen molar-refractivity contribution in [1.29, 1.82) is 0 Å². The minimum atomic E-state index is 1.32. The van der Waals surface area contributed by atoms with E-state index in [-0.39, 0.29) is 0 Å². The fourth-order valence-electron chi connectivity index (χ4n) is 1.11. The molecule has 0 saturated carbocycles. The maximum atomic E-state index is 4.60. The molecule has 0 unspecified atom stereocenters. The summed E-state index contributed by atoms with van der Waals surface area (Å²) in [6.45, 7) is 1.65. The zero-order valence-corrected chi connectivity index (χ0v) is 7.47. The van der Waals surface area contributed by atoms with Crippen LogP contribution in [0.2, 0.25) is 0 Å². The second-order valence-corrected chi connectivity index (χ2v) is 2.75. The van der Waals surface area contributed by atoms with Gasteiger partial charge in [0.15, 0.2) is 0 Å². The van der Waals surface area contributed by atoms with E-state index in [0.29, 0.717) is 0 Å². The third-order valence-electron chi connectivity index (χ3n) is 1.66. The van der Waals surface area contributed by atoms with Crippen LogP contribution in [0.15, 0.2) is 12.2 Å². The Hall–Kier alpha value is -0.700. The summed E-state index contributed by atoms with van der Waals surface area (Å²) < 4.78 is 0. The zero-order valence-electron chi connectivity index (χ0n) is 7.47. The lowest BCUT2D eigenvalue weighted by Crippen LogP contribution is -1.80. The maximum Gasteiger partial charge on any atom is -0.00297 e. The summed E-state index contributed by atoms with van der Waals surface area (Å²) in [5, 5.41) is 0. The Kier molecular flexibility index (Phi) is 8.71. The smallest absolute Gasteiger partial charge is 0.00297 e. The van der Waals surface area contributed by atoms with Gasteiger partial charge in [0.1, 0.15) is 0 Å². The summed E-state index contributed by atoms with van der Waals surface area (Å²) in [6, 6.07) is 0. The van der Waals surface area contributed by atoms with Crippen molar-refractivity contribution in [3.8, 4) is 12.3 Å². The standard InChI is InChI=1S/C8H14.C3H4/c1-2-4-6-8-7-5-3-1;1-3-2/h1-2H,3-8H2;1H,2H3/b2-1-;. The molecule has 0 atom stereocenters. The molecule has 0 aromatic heterocycles. The predicted molar refractivity (Wildman–Crippen MR) is 51.3 cm³/mol. The van der Waals surface area contributed by atoms with Crippen LogP contribution in [-0.2, 0) is 0 Å². The predicted octanol–water partition coefficient (Wildman–Crippen LogP) is 3.54. The Morgan fingerprint density at radius 2 is 1.36 bits per heavy atom. The average molecular weight is 150 g/mol. The molecule has 0 saturated heterocycles. The Morgan fingerprint density at radius 3 is 1.73 bits per heavy atom. The van der Waals surface area contributed by atoms with E-state index < -0.39 is 0 Å². The first-order valence-electron chi connectivity index (χ1n) is 4.44. The summed E-state index contributed by atoms with van der Waals surface area (Å²) >= 11 is 0. The Morgan fingerprint density at radius 1 is 1.00 bits per heavy atom. The normalized spacial score (nSPS) is 19.6. The van der Waals surface area contributed by atoms with Gasteiger partial charge in [0, 0.05) is 0 Å². The monoisotopic (exact) mass is 150 g/mol. The van der Waals surface area contributed by atoms with Crippen LogP contribution in [0.4, 0.5) is 0 Å². The van der Waals surface area contributed by atoms with Gasteiger partial charge in [-0.25, -0.2) is 0 Å². The van der Waals surface area contributed by atoms with Gasteiger partial charge in [-0.15, -0.1) is 12.3 Å². The Bertz CT molecular complexity index is 115. The molecule has 1 aliphatic carbocycles. The zero-order chi connectivity index (χ0) is 8.36. The van der Waals surface area contributed by atoms with E-state index in [1.807, 2.05) is 0 Å². The highest BCUT2D eigenvalue weighted by molar-refractivity contribution is 4.82. The van der Waals surface area contributed by atoms with Crippen molar-refractivity contribution >= 4 is 0 Å². The van der Waals surface area contributed by atoms with Crippen LogP contribution >= 0.6 is 0 Å². The second kappa shape index (κ2) is 9.30. The summed E-state index contributed by atoms with van der Waals surface area (Å²) in [4.78, 5) is 0. The van der Waals surface area contributed by atoms with Crippen LogP contribution in [0.5, 0.6) is 0 Å². The first-order valence-corrected chi connectivity index (χ1v) is 4.44. The SMILES string of the molecule is C#CC.C1=C\CCCCCC/1. The van der Waals surface area contributed by atoms with Crippen LogP contribution in [0.1, 0.15) is 45.4 Å². The van der Waals surface area contributed by atoms with Crippen molar-refractivity contribution in [2.45, 2.75) is 45.4 Å². The van der Waals surface area contributed by atoms with Gasteiger partial charge >= 0.3 is 0 Å². The summed E-state index contributed by atoms with van der Waals surface area (Å²) in [7, 11) is 0. The minimum absolute atomic E-state index is 1.32. The third-order valence-corrected chi connectivity index (χ3v) is 1.66. The van der Waals surface area contributed by atoms with Crippen molar-refractivity contribution in [2.24, 2.45) is 0 Å². The molecular formula is C11H18. The molecule has 0 fully saturated rings. The van der Waals surface area contributed by atoms with Crippen LogP contribution in [-0.4, -0.2) is 0 Å². The van der Waals surface area contributed by atoms with Gasteiger partial charge in [0.05, 0.1) is 0 Å². The van der Waals surface area contributed by atoms with Gasteiger partial charge in [-0.05, 0) is 32.6 Å². The Balaban J connectivity index is 0.000000292. The van der Waals surface area contributed by atoms with E-state index in [0.717, 1.165) is 0 Å². The third kappa shape index (κ3) is 9.30. The summed E-state index contributed by atoms with van der Waals surface area (Å²) in [5.74, 6) is 2.25. The molecule has 0 nitrogen and oxygen atoms in total. The quantitative estimate of drug-likeness (QED) is 0.366. The van der Waals surface area contributed by atoms with Crippen LogP contribution in [0.25, 0.3) is 0 Å². The lowest BCUT2D eigenvalue weighted by molar-refractivity contribution is 0.638. The fraction of sp³-hybridized carbons (Fsp3) is 0.636. The van der Waals surface area contributed by atoms with Crippen LogP contribution in [0.3, 0.4) is 0 Å². The van der Waals surface area contributed by atoms with E-state index in [2.05, 4.69) is 24.5 Å². The van der Waals surface area contributed by atoms with Gasteiger partial charge in [0.25, 0.3) is 0 Å². The van der Waals surface area contributed by atoms with E-state index in [1.165, 1.54) is 38.5 Å². The van der Waals surface area contributed by atoms with Gasteiger partial charge in [0.2, 0.25) is 0 Å². The summed E-state index contributed by atoms with van der Waals surface area (Å²) in [5.41, 5.74) is 0. The lowest BCUT2D eigenvalue weighted by Gasteiger charge is -2.00. The largest absolute Gasteiger partial charge is 0.120 e. The average Bonchev–Trinajstić information content (AvgIpc) is 1.86. The topological polar surface area (TPSA) is 0 Å². The number of rotatable bonds is 0. The maximum absolute atomic E-state index is 4.60. The highest BCUT2D eigenvalue weighted by Crippen LogP contribution is 2.09. The molecule has 11 heavy (non-hydrogen) atoms. The highest BCUT2D eigenvalue weighted by Gasteiger charge is 1.89. The van der Waals surface area contributed by atoms with E-state index >= 15 is 0 Å². The highest BCUT2D eigenvalue weighted by atomic mass is 14.0. The number of hydrogen-bond acceptors (Lipinski definition) is 0. The summed E-state index contributed by atoms with van der Waals surface area (Å²) in [6.07, 6.45) is 17.6. The van der Waals surface area contributed by atoms with E-state index in [4.69, 9.17) is 0 Å². The molecule has 0 aliphatic heterocycles. The van der Waals surface area contributed by atoms with Gasteiger partial charge < -0.3 is 0 Å². The molecule has 0 amide bonds.